The molecular weight excluding hydrogens is 302 g/mol. The molecule has 0 saturated carbocycles. The van der Waals surface area contributed by atoms with Gasteiger partial charge >= 0.3 is 0 Å². The number of aryl methyl sites for hydroxylation is 1. The molecule has 1 aromatic rings. The number of piperidine rings is 1. The maximum absolute atomic E-state index is 5.40. The average Bonchev–Trinajstić information content (AvgIpc) is 2.62. The maximum Gasteiger partial charge on any atom is 0.134 e. The van der Waals surface area contributed by atoms with Crippen molar-refractivity contribution < 1.29 is 4.74 Å². The monoisotopic (exact) mass is 333 g/mol. The van der Waals surface area contributed by atoms with Crippen molar-refractivity contribution in [1.29, 1.82) is 0 Å². The second-order valence-corrected chi connectivity index (χ2v) is 6.79. The SMILES string of the molecule is CCC1CCCCN1c1cc(NCCN2CCOCC2)nc(C)n1. The van der Waals surface area contributed by atoms with E-state index in [0.717, 1.165) is 63.4 Å². The summed E-state index contributed by atoms with van der Waals surface area (Å²) in [5.74, 6) is 2.89. The smallest absolute Gasteiger partial charge is 0.134 e. The minimum atomic E-state index is 0.620. The van der Waals surface area contributed by atoms with Gasteiger partial charge in [0.1, 0.15) is 17.5 Å². The average molecular weight is 333 g/mol. The molecule has 134 valence electrons. The van der Waals surface area contributed by atoms with Gasteiger partial charge in [0.05, 0.1) is 13.2 Å². The molecular formula is C18H31N5O. The van der Waals surface area contributed by atoms with Crippen molar-refractivity contribution in [3.05, 3.63) is 11.9 Å². The molecule has 0 bridgehead atoms. The van der Waals surface area contributed by atoms with Gasteiger partial charge in [0, 0.05) is 44.8 Å². The normalized spacial score (nSPS) is 22.6. The number of nitrogens with zero attached hydrogens (tertiary/aromatic N) is 4. The minimum Gasteiger partial charge on any atom is -0.379 e. The van der Waals surface area contributed by atoms with E-state index in [9.17, 15) is 0 Å². The van der Waals surface area contributed by atoms with Gasteiger partial charge in [-0.05, 0) is 32.6 Å². The summed E-state index contributed by atoms with van der Waals surface area (Å²) in [4.78, 5) is 14.2. The lowest BCUT2D eigenvalue weighted by Gasteiger charge is -2.36. The summed E-state index contributed by atoms with van der Waals surface area (Å²) in [6.45, 7) is 11.1. The molecule has 0 radical (unpaired) electrons. The van der Waals surface area contributed by atoms with Gasteiger partial charge in [-0.15, -0.1) is 0 Å². The fourth-order valence-electron chi connectivity index (χ4n) is 3.68. The molecule has 2 fully saturated rings. The quantitative estimate of drug-likeness (QED) is 0.862. The highest BCUT2D eigenvalue weighted by molar-refractivity contribution is 5.50. The fourth-order valence-corrected chi connectivity index (χ4v) is 3.68. The summed E-state index contributed by atoms with van der Waals surface area (Å²) in [6, 6.07) is 2.74. The topological polar surface area (TPSA) is 53.5 Å². The maximum atomic E-state index is 5.40. The van der Waals surface area contributed by atoms with Crippen LogP contribution in [0.4, 0.5) is 11.6 Å². The Labute approximate surface area is 145 Å². The Hall–Kier alpha value is -1.40. The van der Waals surface area contributed by atoms with Crippen LogP contribution in [0.25, 0.3) is 0 Å². The molecule has 6 nitrogen and oxygen atoms in total. The second kappa shape index (κ2) is 8.62. The number of anilines is 2. The standard InChI is InChI=1S/C18H31N5O/c1-3-16-6-4-5-8-23(16)18-14-17(20-15(2)21-18)19-7-9-22-10-12-24-13-11-22/h14,16H,3-13H2,1-2H3,(H,19,20,21). The lowest BCUT2D eigenvalue weighted by molar-refractivity contribution is 0.0398. The van der Waals surface area contributed by atoms with Crippen LogP contribution in [0.3, 0.4) is 0 Å². The molecule has 1 N–H and O–H groups in total. The van der Waals surface area contributed by atoms with Gasteiger partial charge in [-0.25, -0.2) is 9.97 Å². The van der Waals surface area contributed by atoms with Crippen molar-refractivity contribution >= 4 is 11.6 Å². The van der Waals surface area contributed by atoms with Gasteiger partial charge in [0.25, 0.3) is 0 Å². The highest BCUT2D eigenvalue weighted by atomic mass is 16.5. The summed E-state index contributed by atoms with van der Waals surface area (Å²) < 4.78 is 5.40. The first kappa shape index (κ1) is 17.4. The second-order valence-electron chi connectivity index (χ2n) is 6.79. The molecule has 3 rings (SSSR count). The summed E-state index contributed by atoms with van der Waals surface area (Å²) in [6.07, 6.45) is 5.06. The molecule has 1 aromatic heterocycles. The Morgan fingerprint density at radius 3 is 2.83 bits per heavy atom. The van der Waals surface area contributed by atoms with Crippen LogP contribution >= 0.6 is 0 Å². The molecule has 24 heavy (non-hydrogen) atoms. The molecule has 2 aliphatic heterocycles. The van der Waals surface area contributed by atoms with E-state index in [4.69, 9.17) is 9.72 Å². The van der Waals surface area contributed by atoms with Crippen LogP contribution in [-0.4, -0.2) is 66.8 Å². The molecule has 2 aliphatic rings. The zero-order chi connectivity index (χ0) is 16.8. The van der Waals surface area contributed by atoms with E-state index < -0.39 is 0 Å². The fraction of sp³-hybridized carbons (Fsp3) is 0.778. The molecule has 3 heterocycles. The van der Waals surface area contributed by atoms with E-state index in [-0.39, 0.29) is 0 Å². The lowest BCUT2D eigenvalue weighted by atomic mass is 10.00. The predicted molar refractivity (Wildman–Crippen MR) is 97.8 cm³/mol. The molecule has 0 aromatic carbocycles. The van der Waals surface area contributed by atoms with E-state index in [1.54, 1.807) is 0 Å². The van der Waals surface area contributed by atoms with E-state index in [0.29, 0.717) is 6.04 Å². The summed E-state index contributed by atoms with van der Waals surface area (Å²) in [7, 11) is 0. The van der Waals surface area contributed by atoms with E-state index in [1.807, 2.05) is 6.92 Å². The van der Waals surface area contributed by atoms with Gasteiger partial charge in [-0.1, -0.05) is 6.92 Å². The third-order valence-corrected chi connectivity index (χ3v) is 5.05. The molecule has 0 aliphatic carbocycles. The molecule has 6 heteroatoms. The van der Waals surface area contributed by atoms with Gasteiger partial charge in [0.15, 0.2) is 0 Å². The Bertz CT molecular complexity index is 518. The molecule has 0 amide bonds. The van der Waals surface area contributed by atoms with E-state index in [1.165, 1.54) is 25.7 Å². The Morgan fingerprint density at radius 2 is 2.04 bits per heavy atom. The van der Waals surface area contributed by atoms with Crippen molar-refractivity contribution in [3.8, 4) is 0 Å². The van der Waals surface area contributed by atoms with Gasteiger partial charge < -0.3 is 15.0 Å². The van der Waals surface area contributed by atoms with Crippen molar-refractivity contribution in [2.24, 2.45) is 0 Å². The van der Waals surface area contributed by atoms with E-state index >= 15 is 0 Å². The highest BCUT2D eigenvalue weighted by Gasteiger charge is 2.22. The van der Waals surface area contributed by atoms with Crippen LogP contribution in [0.5, 0.6) is 0 Å². The number of aromatic nitrogens is 2. The van der Waals surface area contributed by atoms with Crippen LogP contribution in [0.15, 0.2) is 6.07 Å². The number of ether oxygens (including phenoxy) is 1. The van der Waals surface area contributed by atoms with Crippen LogP contribution in [0, 0.1) is 6.92 Å². The van der Waals surface area contributed by atoms with Crippen LogP contribution in [-0.2, 0) is 4.74 Å². The number of hydrogen-bond acceptors (Lipinski definition) is 6. The third kappa shape index (κ3) is 4.57. The summed E-state index contributed by atoms with van der Waals surface area (Å²) in [5, 5.41) is 3.48. The highest BCUT2D eigenvalue weighted by Crippen LogP contribution is 2.26. The first-order chi connectivity index (χ1) is 11.8. The van der Waals surface area contributed by atoms with Crippen LogP contribution in [0.2, 0.25) is 0 Å². The van der Waals surface area contributed by atoms with Crippen molar-refractivity contribution in [2.45, 2.75) is 45.6 Å². The minimum absolute atomic E-state index is 0.620. The van der Waals surface area contributed by atoms with Crippen molar-refractivity contribution in [3.63, 3.8) is 0 Å². The van der Waals surface area contributed by atoms with Gasteiger partial charge in [0.2, 0.25) is 0 Å². The largest absolute Gasteiger partial charge is 0.379 e. The van der Waals surface area contributed by atoms with Crippen molar-refractivity contribution in [2.75, 3.05) is 56.2 Å². The molecule has 1 unspecified atom stereocenters. The number of hydrogen-bond donors (Lipinski definition) is 1. The number of nitrogens with one attached hydrogen (secondary N) is 1. The van der Waals surface area contributed by atoms with E-state index in [2.05, 4.69) is 33.1 Å². The predicted octanol–water partition coefficient (Wildman–Crippen LogP) is 2.30. The summed E-state index contributed by atoms with van der Waals surface area (Å²) >= 11 is 0. The zero-order valence-corrected chi connectivity index (χ0v) is 15.1. The summed E-state index contributed by atoms with van der Waals surface area (Å²) in [5.41, 5.74) is 0. The first-order valence-corrected chi connectivity index (χ1v) is 9.42. The number of rotatable bonds is 6. The van der Waals surface area contributed by atoms with Crippen LogP contribution in [0.1, 0.15) is 38.4 Å². The van der Waals surface area contributed by atoms with Gasteiger partial charge in [-0.3, -0.25) is 4.90 Å². The Kier molecular flexibility index (Phi) is 6.26. The third-order valence-electron chi connectivity index (χ3n) is 5.05. The van der Waals surface area contributed by atoms with Gasteiger partial charge in [-0.2, -0.15) is 0 Å². The lowest BCUT2D eigenvalue weighted by Crippen LogP contribution is -2.40. The Morgan fingerprint density at radius 1 is 1.21 bits per heavy atom. The zero-order valence-electron chi connectivity index (χ0n) is 15.1. The van der Waals surface area contributed by atoms with Crippen molar-refractivity contribution in [1.82, 2.24) is 14.9 Å². The first-order valence-electron chi connectivity index (χ1n) is 9.42. The van der Waals surface area contributed by atoms with Crippen LogP contribution < -0.4 is 10.2 Å². The number of morpholine rings is 1. The Balaban J connectivity index is 1.60. The molecule has 0 spiro atoms. The molecule has 1 atom stereocenters. The molecule has 2 saturated heterocycles.